The molecule has 23 heavy (non-hydrogen) atoms. The number of rotatable bonds is 5. The van der Waals surface area contributed by atoms with Gasteiger partial charge in [-0.2, -0.15) is 13.2 Å². The van der Waals surface area contributed by atoms with E-state index in [4.69, 9.17) is 5.11 Å². The Morgan fingerprint density at radius 3 is 2.61 bits per heavy atom. The number of benzene rings is 1. The van der Waals surface area contributed by atoms with Crippen LogP contribution in [-0.4, -0.2) is 47.6 Å². The molecule has 126 valence electrons. The maximum Gasteiger partial charge on any atom is 0.391 e. The molecule has 0 aliphatic carbocycles. The van der Waals surface area contributed by atoms with Crippen LogP contribution in [0.25, 0.3) is 0 Å². The molecule has 3 atom stereocenters. The third-order valence-electron chi connectivity index (χ3n) is 4.00. The second-order valence-electron chi connectivity index (χ2n) is 5.59. The van der Waals surface area contributed by atoms with Crippen molar-refractivity contribution in [2.24, 2.45) is 5.92 Å². The quantitative estimate of drug-likeness (QED) is 0.664. The summed E-state index contributed by atoms with van der Waals surface area (Å²) in [6.45, 7) is -0.141. The number of carboxylic acids is 1. The lowest BCUT2D eigenvalue weighted by molar-refractivity contribution is -0.165. The molecule has 1 heterocycles. The summed E-state index contributed by atoms with van der Waals surface area (Å²) in [7, 11) is 0. The summed E-state index contributed by atoms with van der Waals surface area (Å²) >= 11 is 0. The van der Waals surface area contributed by atoms with Gasteiger partial charge in [0.25, 0.3) is 0 Å². The van der Waals surface area contributed by atoms with Crippen LogP contribution in [0.1, 0.15) is 17.9 Å². The molecular formula is C15H15F4NO3. The minimum atomic E-state index is -4.63. The van der Waals surface area contributed by atoms with Gasteiger partial charge in [-0.1, -0.05) is 12.1 Å². The van der Waals surface area contributed by atoms with Crippen molar-refractivity contribution in [2.45, 2.75) is 24.6 Å². The number of carboxylic acid groups (broad SMARTS) is 1. The zero-order chi connectivity index (χ0) is 17.2. The molecule has 1 N–H and O–H groups in total. The van der Waals surface area contributed by atoms with Gasteiger partial charge in [0.15, 0.2) is 0 Å². The Morgan fingerprint density at radius 1 is 1.39 bits per heavy atom. The predicted octanol–water partition coefficient (Wildman–Crippen LogP) is 2.45. The molecule has 1 aliphatic heterocycles. The SMILES string of the molecule is O=CC1CN([C@@H](CC(F)(F)F)C(=O)O)CC1c1cccc(F)c1. The van der Waals surface area contributed by atoms with E-state index in [1.165, 1.54) is 18.2 Å². The second kappa shape index (κ2) is 6.66. The van der Waals surface area contributed by atoms with E-state index in [1.54, 1.807) is 6.07 Å². The highest BCUT2D eigenvalue weighted by atomic mass is 19.4. The first-order valence-electron chi connectivity index (χ1n) is 6.95. The molecule has 2 unspecified atom stereocenters. The fourth-order valence-electron chi connectivity index (χ4n) is 2.93. The summed E-state index contributed by atoms with van der Waals surface area (Å²) in [4.78, 5) is 23.5. The zero-order valence-corrected chi connectivity index (χ0v) is 12.0. The average molecular weight is 333 g/mol. The van der Waals surface area contributed by atoms with Crippen molar-refractivity contribution >= 4 is 12.3 Å². The molecule has 1 aromatic rings. The van der Waals surface area contributed by atoms with Gasteiger partial charge in [0.1, 0.15) is 18.1 Å². The molecule has 0 aromatic heterocycles. The Hall–Kier alpha value is -1.96. The van der Waals surface area contributed by atoms with E-state index in [1.807, 2.05) is 0 Å². The third kappa shape index (κ3) is 4.28. The number of carbonyl (C=O) groups excluding carboxylic acids is 1. The number of aldehydes is 1. The Morgan fingerprint density at radius 2 is 2.09 bits per heavy atom. The number of halogens is 4. The third-order valence-corrected chi connectivity index (χ3v) is 4.00. The molecule has 0 radical (unpaired) electrons. The lowest BCUT2D eigenvalue weighted by atomic mass is 9.90. The number of aliphatic carboxylic acids is 1. The molecule has 4 nitrogen and oxygen atoms in total. The first-order valence-corrected chi connectivity index (χ1v) is 6.95. The monoisotopic (exact) mass is 333 g/mol. The Labute approximate surface area is 129 Å². The van der Waals surface area contributed by atoms with Gasteiger partial charge in [-0.15, -0.1) is 0 Å². The van der Waals surface area contributed by atoms with Crippen molar-refractivity contribution in [3.63, 3.8) is 0 Å². The van der Waals surface area contributed by atoms with Crippen LogP contribution in [0.5, 0.6) is 0 Å². The van der Waals surface area contributed by atoms with Crippen molar-refractivity contribution in [3.05, 3.63) is 35.6 Å². The van der Waals surface area contributed by atoms with Crippen LogP contribution >= 0.6 is 0 Å². The van der Waals surface area contributed by atoms with E-state index in [0.29, 0.717) is 11.8 Å². The first-order chi connectivity index (χ1) is 10.7. The van der Waals surface area contributed by atoms with Gasteiger partial charge in [0, 0.05) is 24.9 Å². The average Bonchev–Trinajstić information content (AvgIpc) is 2.87. The molecule has 1 saturated heterocycles. The Kier molecular flexibility index (Phi) is 5.03. The topological polar surface area (TPSA) is 57.6 Å². The van der Waals surface area contributed by atoms with Crippen molar-refractivity contribution in [2.75, 3.05) is 13.1 Å². The van der Waals surface area contributed by atoms with E-state index in [-0.39, 0.29) is 13.1 Å². The summed E-state index contributed by atoms with van der Waals surface area (Å²) in [5.74, 6) is -3.31. The zero-order valence-electron chi connectivity index (χ0n) is 12.0. The lowest BCUT2D eigenvalue weighted by Gasteiger charge is -2.25. The summed E-state index contributed by atoms with van der Waals surface area (Å²) in [6.07, 6.45) is -5.54. The van der Waals surface area contributed by atoms with Crippen molar-refractivity contribution in [1.82, 2.24) is 4.90 Å². The fourth-order valence-corrected chi connectivity index (χ4v) is 2.93. The number of carbonyl (C=O) groups is 2. The van der Waals surface area contributed by atoms with Gasteiger partial charge in [0.2, 0.25) is 0 Å². The maximum atomic E-state index is 13.3. The maximum absolute atomic E-state index is 13.3. The van der Waals surface area contributed by atoms with Gasteiger partial charge in [0.05, 0.1) is 6.42 Å². The van der Waals surface area contributed by atoms with E-state index < -0.39 is 42.3 Å². The van der Waals surface area contributed by atoms with Gasteiger partial charge in [-0.3, -0.25) is 9.69 Å². The predicted molar refractivity (Wildman–Crippen MR) is 72.4 cm³/mol. The number of hydrogen-bond acceptors (Lipinski definition) is 3. The molecule has 2 rings (SSSR count). The lowest BCUT2D eigenvalue weighted by Crippen LogP contribution is -2.43. The minimum Gasteiger partial charge on any atom is -0.480 e. The van der Waals surface area contributed by atoms with Crippen LogP contribution in [0.3, 0.4) is 0 Å². The van der Waals surface area contributed by atoms with Crippen LogP contribution in [-0.2, 0) is 9.59 Å². The number of likely N-dealkylation sites (tertiary alicyclic amines) is 1. The first kappa shape index (κ1) is 17.4. The molecule has 1 fully saturated rings. The van der Waals surface area contributed by atoms with E-state index >= 15 is 0 Å². The van der Waals surface area contributed by atoms with E-state index in [9.17, 15) is 27.2 Å². The number of alkyl halides is 3. The van der Waals surface area contributed by atoms with Gasteiger partial charge >= 0.3 is 12.1 Å². The molecule has 0 amide bonds. The highest BCUT2D eigenvalue weighted by molar-refractivity contribution is 5.74. The molecule has 1 aliphatic rings. The standard InChI is InChI=1S/C15H15F4NO3/c16-11-3-1-2-9(4-11)12-7-20(6-10(12)8-21)13(14(22)23)5-15(17,18)19/h1-4,8,10,12-13H,5-7H2,(H,22,23)/t10?,12?,13-/m0/s1. The minimum absolute atomic E-state index is 0.0418. The molecule has 0 bridgehead atoms. The van der Waals surface area contributed by atoms with E-state index in [0.717, 1.165) is 4.90 Å². The second-order valence-corrected chi connectivity index (χ2v) is 5.59. The smallest absolute Gasteiger partial charge is 0.391 e. The Bertz CT molecular complexity index is 590. The summed E-state index contributed by atoms with van der Waals surface area (Å²) < 4.78 is 51.0. The summed E-state index contributed by atoms with van der Waals surface area (Å²) in [5.41, 5.74) is 0.473. The summed E-state index contributed by atoms with van der Waals surface area (Å²) in [6, 6.07) is 3.70. The van der Waals surface area contributed by atoms with Gasteiger partial charge in [-0.05, 0) is 17.7 Å². The number of nitrogens with zero attached hydrogens (tertiary/aromatic N) is 1. The van der Waals surface area contributed by atoms with Crippen LogP contribution in [0.4, 0.5) is 17.6 Å². The normalized spacial score (nSPS) is 23.7. The van der Waals surface area contributed by atoms with Crippen molar-refractivity contribution in [3.8, 4) is 0 Å². The van der Waals surface area contributed by atoms with Crippen molar-refractivity contribution in [1.29, 1.82) is 0 Å². The van der Waals surface area contributed by atoms with Crippen molar-refractivity contribution < 1.29 is 32.3 Å². The van der Waals surface area contributed by atoms with Crippen LogP contribution in [0, 0.1) is 11.7 Å². The molecule has 0 spiro atoms. The number of hydrogen-bond donors (Lipinski definition) is 1. The van der Waals surface area contributed by atoms with Crippen LogP contribution in [0.2, 0.25) is 0 Å². The fraction of sp³-hybridized carbons (Fsp3) is 0.467. The largest absolute Gasteiger partial charge is 0.480 e. The molecule has 0 saturated carbocycles. The van der Waals surface area contributed by atoms with Crippen LogP contribution in [0.15, 0.2) is 24.3 Å². The summed E-state index contributed by atoms with van der Waals surface area (Å²) in [5, 5.41) is 9.07. The highest BCUT2D eigenvalue weighted by Crippen LogP contribution is 2.35. The molecule has 1 aromatic carbocycles. The van der Waals surface area contributed by atoms with Gasteiger partial charge in [-0.25, -0.2) is 4.39 Å². The van der Waals surface area contributed by atoms with Crippen LogP contribution < -0.4 is 0 Å². The van der Waals surface area contributed by atoms with E-state index in [2.05, 4.69) is 0 Å². The Balaban J connectivity index is 2.23. The van der Waals surface area contributed by atoms with Gasteiger partial charge < -0.3 is 9.90 Å². The highest BCUT2D eigenvalue weighted by Gasteiger charge is 2.44. The molecule has 8 heteroatoms. The molecular weight excluding hydrogens is 318 g/mol.